The van der Waals surface area contributed by atoms with Crippen LogP contribution in [0, 0.1) is 11.3 Å². The molecule has 0 spiro atoms. The van der Waals surface area contributed by atoms with Crippen LogP contribution < -0.4 is 10.1 Å². The van der Waals surface area contributed by atoms with Crippen LogP contribution in [0.5, 0.6) is 5.75 Å². The summed E-state index contributed by atoms with van der Waals surface area (Å²) in [6.45, 7) is 1.88. The van der Waals surface area contributed by atoms with Gasteiger partial charge >= 0.3 is 0 Å². The minimum absolute atomic E-state index is 0.0625. The highest BCUT2D eigenvalue weighted by Gasteiger charge is 2.12. The van der Waals surface area contributed by atoms with E-state index in [4.69, 9.17) is 4.74 Å². The van der Waals surface area contributed by atoms with Crippen molar-refractivity contribution in [1.82, 2.24) is 5.32 Å². The second kappa shape index (κ2) is 9.09. The Morgan fingerprint density at radius 1 is 1.16 bits per heavy atom. The lowest BCUT2D eigenvalue weighted by Gasteiger charge is -2.13. The molecular formula is C21H20N2O2. The molecule has 0 aromatic heterocycles. The number of benzene rings is 2. The Morgan fingerprint density at radius 3 is 2.44 bits per heavy atom. The van der Waals surface area contributed by atoms with E-state index < -0.39 is 5.91 Å². The molecule has 0 heterocycles. The number of carbonyl (C=O) groups excluding carboxylic acids is 1. The Hall–Kier alpha value is -3.32. The van der Waals surface area contributed by atoms with Crippen LogP contribution in [-0.2, 0) is 4.79 Å². The number of rotatable bonds is 6. The normalized spacial score (nSPS) is 12.4. The van der Waals surface area contributed by atoms with Crippen molar-refractivity contribution in [3.05, 3.63) is 83.4 Å². The van der Waals surface area contributed by atoms with Gasteiger partial charge < -0.3 is 10.1 Å². The number of nitrogens with zero attached hydrogens (tertiary/aromatic N) is 1. The number of methoxy groups -OCH3 is 1. The van der Waals surface area contributed by atoms with Crippen molar-refractivity contribution in [2.75, 3.05) is 7.11 Å². The number of ether oxygens (including phenoxy) is 1. The van der Waals surface area contributed by atoms with Crippen molar-refractivity contribution in [2.45, 2.75) is 13.0 Å². The number of nitrogens with one attached hydrogen (secondary N) is 1. The van der Waals surface area contributed by atoms with Crippen LogP contribution in [0.2, 0.25) is 0 Å². The summed E-state index contributed by atoms with van der Waals surface area (Å²) in [4.78, 5) is 12.2. The molecule has 2 rings (SSSR count). The highest BCUT2D eigenvalue weighted by atomic mass is 16.5. The minimum atomic E-state index is -0.391. The molecule has 0 aliphatic rings. The van der Waals surface area contributed by atoms with Crippen LogP contribution in [0.4, 0.5) is 0 Å². The molecule has 0 radical (unpaired) electrons. The van der Waals surface area contributed by atoms with Crippen molar-refractivity contribution >= 4 is 12.0 Å². The molecule has 0 bridgehead atoms. The maximum Gasteiger partial charge on any atom is 0.262 e. The molecule has 126 valence electrons. The molecule has 1 N–H and O–H groups in total. The van der Waals surface area contributed by atoms with Gasteiger partial charge in [0.05, 0.1) is 13.2 Å². The number of carbonyl (C=O) groups is 1. The molecule has 2 aromatic carbocycles. The first-order valence-corrected chi connectivity index (χ1v) is 7.92. The zero-order valence-electron chi connectivity index (χ0n) is 14.3. The third-order valence-electron chi connectivity index (χ3n) is 3.68. The first-order chi connectivity index (χ1) is 12.1. The quantitative estimate of drug-likeness (QED) is 0.493. The molecular weight excluding hydrogens is 312 g/mol. The molecule has 0 saturated heterocycles. The summed E-state index contributed by atoms with van der Waals surface area (Å²) in [5.74, 6) is 0.387. The van der Waals surface area contributed by atoms with Crippen LogP contribution in [0.15, 0.2) is 72.3 Å². The second-order valence-electron chi connectivity index (χ2n) is 5.43. The van der Waals surface area contributed by atoms with Crippen molar-refractivity contribution in [3.63, 3.8) is 0 Å². The lowest BCUT2D eigenvalue weighted by Crippen LogP contribution is -2.27. The Balaban J connectivity index is 2.02. The Bertz CT molecular complexity index is 800. The van der Waals surface area contributed by atoms with E-state index in [1.54, 1.807) is 13.2 Å². The standard InChI is InChI=1S/C21H20N2O2/c1-16(18-8-4-3-5-9-18)23-21(24)19(15-22)10-6-7-17-11-13-20(25-2)14-12-17/h3-14,16H,1-2H3,(H,23,24)/b7-6+,19-10-/t16-/m0/s1. The van der Waals surface area contributed by atoms with E-state index in [2.05, 4.69) is 5.32 Å². The largest absolute Gasteiger partial charge is 0.497 e. The van der Waals surface area contributed by atoms with Gasteiger partial charge in [-0.25, -0.2) is 0 Å². The molecule has 25 heavy (non-hydrogen) atoms. The molecule has 1 amide bonds. The predicted octanol–water partition coefficient (Wildman–Crippen LogP) is 4.04. The SMILES string of the molecule is COc1ccc(/C=C/C=C(/C#N)C(=O)N[C@@H](C)c2ccccc2)cc1. The Morgan fingerprint density at radius 2 is 1.84 bits per heavy atom. The van der Waals surface area contributed by atoms with Crippen LogP contribution in [0.3, 0.4) is 0 Å². The summed E-state index contributed by atoms with van der Waals surface area (Å²) >= 11 is 0. The first kappa shape index (κ1) is 18.0. The minimum Gasteiger partial charge on any atom is -0.497 e. The van der Waals surface area contributed by atoms with E-state index in [9.17, 15) is 10.1 Å². The van der Waals surface area contributed by atoms with Gasteiger partial charge in [0.15, 0.2) is 0 Å². The van der Waals surface area contributed by atoms with Gasteiger partial charge in [0.1, 0.15) is 17.4 Å². The van der Waals surface area contributed by atoms with E-state index in [1.807, 2.05) is 73.7 Å². The number of hydrogen-bond acceptors (Lipinski definition) is 3. The average molecular weight is 332 g/mol. The van der Waals surface area contributed by atoms with E-state index >= 15 is 0 Å². The van der Waals surface area contributed by atoms with Gasteiger partial charge in [-0.3, -0.25) is 4.79 Å². The van der Waals surface area contributed by atoms with Crippen LogP contribution in [-0.4, -0.2) is 13.0 Å². The molecule has 0 saturated carbocycles. The van der Waals surface area contributed by atoms with E-state index in [1.165, 1.54) is 6.08 Å². The molecule has 4 nitrogen and oxygen atoms in total. The van der Waals surface area contributed by atoms with Gasteiger partial charge in [0.25, 0.3) is 5.91 Å². The Labute approximate surface area is 148 Å². The molecule has 0 fully saturated rings. The molecule has 0 aliphatic heterocycles. The summed E-state index contributed by atoms with van der Waals surface area (Å²) in [7, 11) is 1.61. The maximum atomic E-state index is 12.2. The zero-order valence-corrected chi connectivity index (χ0v) is 14.3. The van der Waals surface area contributed by atoms with Crippen molar-refractivity contribution < 1.29 is 9.53 Å². The van der Waals surface area contributed by atoms with Gasteiger partial charge in [-0.2, -0.15) is 5.26 Å². The number of nitriles is 1. The molecule has 1 atom stereocenters. The maximum absolute atomic E-state index is 12.2. The Kier molecular flexibility index (Phi) is 6.56. The van der Waals surface area contributed by atoms with E-state index in [0.29, 0.717) is 0 Å². The van der Waals surface area contributed by atoms with Crippen LogP contribution >= 0.6 is 0 Å². The molecule has 2 aromatic rings. The molecule has 0 aliphatic carbocycles. The van der Waals surface area contributed by atoms with Crippen LogP contribution in [0.25, 0.3) is 6.08 Å². The van der Waals surface area contributed by atoms with E-state index in [-0.39, 0.29) is 11.6 Å². The third-order valence-corrected chi connectivity index (χ3v) is 3.68. The summed E-state index contributed by atoms with van der Waals surface area (Å²) in [5.41, 5.74) is 2.00. The molecule has 0 unspecified atom stereocenters. The van der Waals surface area contributed by atoms with Crippen molar-refractivity contribution in [2.24, 2.45) is 0 Å². The number of hydrogen-bond donors (Lipinski definition) is 1. The molecule has 4 heteroatoms. The number of allylic oxidation sites excluding steroid dienone is 2. The highest BCUT2D eigenvalue weighted by molar-refractivity contribution is 5.97. The lowest BCUT2D eigenvalue weighted by molar-refractivity contribution is -0.117. The summed E-state index contributed by atoms with van der Waals surface area (Å²) in [5, 5.41) is 12.0. The van der Waals surface area contributed by atoms with Gasteiger partial charge in [-0.1, -0.05) is 54.6 Å². The third kappa shape index (κ3) is 5.36. The van der Waals surface area contributed by atoms with Gasteiger partial charge in [0, 0.05) is 0 Å². The van der Waals surface area contributed by atoms with Crippen molar-refractivity contribution in [1.29, 1.82) is 5.26 Å². The fourth-order valence-corrected chi connectivity index (χ4v) is 2.23. The fraction of sp³-hybridized carbons (Fsp3) is 0.143. The lowest BCUT2D eigenvalue weighted by atomic mass is 10.1. The monoisotopic (exact) mass is 332 g/mol. The van der Waals surface area contributed by atoms with Gasteiger partial charge in [-0.05, 0) is 36.3 Å². The first-order valence-electron chi connectivity index (χ1n) is 7.92. The smallest absolute Gasteiger partial charge is 0.262 e. The predicted molar refractivity (Wildman–Crippen MR) is 98.7 cm³/mol. The van der Waals surface area contributed by atoms with Gasteiger partial charge in [0.2, 0.25) is 0 Å². The number of amides is 1. The topological polar surface area (TPSA) is 62.1 Å². The average Bonchev–Trinajstić information content (AvgIpc) is 2.66. The highest BCUT2D eigenvalue weighted by Crippen LogP contribution is 2.13. The zero-order chi connectivity index (χ0) is 18.1. The summed E-state index contributed by atoms with van der Waals surface area (Å²) < 4.78 is 5.10. The second-order valence-corrected chi connectivity index (χ2v) is 5.43. The van der Waals surface area contributed by atoms with Gasteiger partial charge in [-0.15, -0.1) is 0 Å². The summed E-state index contributed by atoms with van der Waals surface area (Å²) in [6, 6.07) is 18.9. The summed E-state index contributed by atoms with van der Waals surface area (Å²) in [6.07, 6.45) is 5.02. The fourth-order valence-electron chi connectivity index (χ4n) is 2.23. The van der Waals surface area contributed by atoms with E-state index in [0.717, 1.165) is 16.9 Å². The van der Waals surface area contributed by atoms with Crippen LogP contribution in [0.1, 0.15) is 24.1 Å². The van der Waals surface area contributed by atoms with Crippen molar-refractivity contribution in [3.8, 4) is 11.8 Å².